The van der Waals surface area contributed by atoms with E-state index in [0.717, 1.165) is 105 Å². The van der Waals surface area contributed by atoms with Gasteiger partial charge in [0.05, 0.1) is 16.7 Å². The molecular weight excluding hydrogens is 1010 g/mol. The van der Waals surface area contributed by atoms with Gasteiger partial charge in [0.15, 0.2) is 5.58 Å². The van der Waals surface area contributed by atoms with Crippen LogP contribution in [-0.2, 0) is 10.8 Å². The lowest BCUT2D eigenvalue weighted by Crippen LogP contribution is -2.13. The topological polar surface area (TPSA) is 37.7 Å². The third kappa shape index (κ3) is 8.62. The summed E-state index contributed by atoms with van der Waals surface area (Å²) in [7, 11) is 0. The number of para-hydroxylation sites is 2. The van der Waals surface area contributed by atoms with Crippen molar-refractivity contribution in [2.45, 2.75) is 52.4 Å². The number of furan rings is 2. The molecule has 0 unspecified atom stereocenters. The fourth-order valence-corrected chi connectivity index (χ4v) is 12.5. The van der Waals surface area contributed by atoms with Gasteiger partial charge in [-0.1, -0.05) is 187 Å². The van der Waals surface area contributed by atoms with Crippen LogP contribution in [0.3, 0.4) is 0 Å². The zero-order valence-corrected chi connectivity index (χ0v) is 47.5. The molecule has 0 spiro atoms. The minimum Gasteiger partial charge on any atom is -0.456 e. The number of fused-ring (bicyclic) bond motifs is 10. The van der Waals surface area contributed by atoms with E-state index in [1.54, 1.807) is 0 Å². The van der Waals surface area contributed by atoms with Crippen LogP contribution in [0.2, 0.25) is 0 Å². The molecule has 0 aliphatic rings. The zero-order valence-electron chi connectivity index (χ0n) is 47.5. The third-order valence-corrected chi connectivity index (χ3v) is 16.9. The van der Waals surface area contributed by atoms with Gasteiger partial charge in [0, 0.05) is 84.0 Å². The van der Waals surface area contributed by atoms with E-state index >= 15 is 0 Å². The maximum atomic E-state index is 7.39. The van der Waals surface area contributed by atoms with Gasteiger partial charge in [-0.25, -0.2) is 0 Å². The van der Waals surface area contributed by atoms with Gasteiger partial charge in [0.25, 0.3) is 0 Å². The van der Waals surface area contributed by atoms with Gasteiger partial charge in [-0.15, -0.1) is 0 Å². The highest BCUT2D eigenvalue weighted by Gasteiger charge is 2.25. The van der Waals surface area contributed by atoms with Crippen molar-refractivity contribution in [3.05, 3.63) is 272 Å². The Labute approximate surface area is 483 Å². The molecule has 0 radical (unpaired) electrons. The minimum atomic E-state index is 0.0174. The van der Waals surface area contributed by atoms with E-state index in [-0.39, 0.29) is 10.8 Å². The number of benzene rings is 12. The molecule has 0 bridgehead atoms. The van der Waals surface area contributed by atoms with Gasteiger partial charge in [0.1, 0.15) is 16.7 Å². The van der Waals surface area contributed by atoms with Crippen molar-refractivity contribution in [2.24, 2.45) is 0 Å². The lowest BCUT2D eigenvalue weighted by atomic mass is 9.87. The number of hydrogen-bond acceptors (Lipinski definition) is 4. The Kier molecular flexibility index (Phi) is 11.6. The molecule has 83 heavy (non-hydrogen) atoms. The van der Waals surface area contributed by atoms with Crippen molar-refractivity contribution < 1.29 is 8.83 Å². The van der Waals surface area contributed by atoms with E-state index in [1.807, 2.05) is 0 Å². The molecule has 0 amide bonds. The molecule has 400 valence electrons. The van der Waals surface area contributed by atoms with Crippen LogP contribution in [0.15, 0.2) is 270 Å². The van der Waals surface area contributed by atoms with Gasteiger partial charge >= 0.3 is 0 Å². The first-order valence-electron chi connectivity index (χ1n) is 28.8. The Morgan fingerprint density at radius 2 is 0.663 bits per heavy atom. The number of nitrogens with zero attached hydrogens (tertiary/aromatic N) is 3. The second kappa shape index (κ2) is 19.3. The molecule has 12 aromatic carbocycles. The lowest BCUT2D eigenvalue weighted by Gasteiger charge is -2.27. The first kappa shape index (κ1) is 49.9. The standard InChI is InChI=1S/C78H61N3O2/c1-77(2,3)55-29-37-59(38-30-55)79(57-33-25-52(26-34-57)50-17-9-7-10-18-50)61-41-43-65-68-45-54-46-69-66-44-42-62(80(60-39-31-56(32-40-60)78(4,5)6)58-35-27-53(28-36-58)51-19-11-8-12-20-51)48-73(66)83-76(69)75(67(54)49-74(68)82-72(65)47-61)81-70-23-15-13-21-63(70)64-22-14-16-24-71(64)81/h7-49H,1-6H3. The number of anilines is 6. The summed E-state index contributed by atoms with van der Waals surface area (Å²) in [4.78, 5) is 4.67. The quantitative estimate of drug-likeness (QED) is 0.144. The van der Waals surface area contributed by atoms with Crippen molar-refractivity contribution in [1.29, 1.82) is 0 Å². The van der Waals surface area contributed by atoms with E-state index in [4.69, 9.17) is 8.83 Å². The van der Waals surface area contributed by atoms with E-state index in [1.165, 1.54) is 44.2 Å². The van der Waals surface area contributed by atoms with Crippen LogP contribution in [0.25, 0.3) is 104 Å². The summed E-state index contributed by atoms with van der Waals surface area (Å²) in [5.74, 6) is 0. The normalized spacial score (nSPS) is 12.2. The van der Waals surface area contributed by atoms with Crippen LogP contribution >= 0.6 is 0 Å². The molecule has 0 saturated carbocycles. The Bertz CT molecular complexity index is 4880. The Morgan fingerprint density at radius 1 is 0.289 bits per heavy atom. The molecule has 0 atom stereocenters. The lowest BCUT2D eigenvalue weighted by molar-refractivity contribution is 0.590. The molecule has 5 heteroatoms. The van der Waals surface area contributed by atoms with Crippen molar-refractivity contribution in [2.75, 3.05) is 9.80 Å². The van der Waals surface area contributed by atoms with Gasteiger partial charge < -0.3 is 23.2 Å². The average molecular weight is 1070 g/mol. The molecule has 0 fully saturated rings. The highest BCUT2D eigenvalue weighted by atomic mass is 16.3. The summed E-state index contributed by atoms with van der Waals surface area (Å²) in [6.45, 7) is 13.6. The predicted octanol–water partition coefficient (Wildman–Crippen LogP) is 22.6. The van der Waals surface area contributed by atoms with Gasteiger partial charge in [0.2, 0.25) is 0 Å². The second-order valence-electron chi connectivity index (χ2n) is 24.2. The summed E-state index contributed by atoms with van der Waals surface area (Å²) in [6.07, 6.45) is 0. The fourth-order valence-electron chi connectivity index (χ4n) is 12.5. The predicted molar refractivity (Wildman–Crippen MR) is 350 cm³/mol. The maximum absolute atomic E-state index is 7.39. The summed E-state index contributed by atoms with van der Waals surface area (Å²) in [6, 6.07) is 94.6. The SMILES string of the molecule is CC(C)(C)c1ccc(N(c2ccc(-c3ccccc3)cc2)c2ccc3c(c2)oc2cc4c(-n5c6ccccc6c6ccccc65)c5oc6cc(N(c7ccc(-c8ccccc8)cc7)c7ccc(C(C)(C)C)cc7)ccc6c5cc4cc23)cc1. The number of aromatic nitrogens is 1. The van der Waals surface area contributed by atoms with Gasteiger partial charge in [-0.3, -0.25) is 0 Å². The van der Waals surface area contributed by atoms with Gasteiger partial charge in [-0.05, 0) is 153 Å². The van der Waals surface area contributed by atoms with E-state index < -0.39 is 0 Å². The molecule has 15 rings (SSSR count). The summed E-state index contributed by atoms with van der Waals surface area (Å²) in [5, 5.41) is 8.70. The summed E-state index contributed by atoms with van der Waals surface area (Å²) >= 11 is 0. The molecule has 15 aromatic rings. The molecule has 5 nitrogen and oxygen atoms in total. The van der Waals surface area contributed by atoms with Crippen LogP contribution < -0.4 is 9.80 Å². The van der Waals surface area contributed by atoms with E-state index in [2.05, 4.69) is 317 Å². The minimum absolute atomic E-state index is 0.0174. The molecule has 3 aromatic heterocycles. The Morgan fingerprint density at radius 3 is 1.13 bits per heavy atom. The molecule has 0 saturated heterocycles. The maximum Gasteiger partial charge on any atom is 0.160 e. The smallest absolute Gasteiger partial charge is 0.160 e. The van der Waals surface area contributed by atoms with Crippen molar-refractivity contribution >= 4 is 111 Å². The summed E-state index contributed by atoms with van der Waals surface area (Å²) < 4.78 is 16.9. The van der Waals surface area contributed by atoms with E-state index in [9.17, 15) is 0 Å². The molecular formula is C78H61N3O2. The van der Waals surface area contributed by atoms with Crippen molar-refractivity contribution in [3.63, 3.8) is 0 Å². The number of hydrogen-bond donors (Lipinski definition) is 0. The van der Waals surface area contributed by atoms with Crippen LogP contribution in [-0.4, -0.2) is 4.57 Å². The molecule has 0 aliphatic heterocycles. The first-order chi connectivity index (χ1) is 40.4. The monoisotopic (exact) mass is 1070 g/mol. The van der Waals surface area contributed by atoms with Crippen LogP contribution in [0.4, 0.5) is 34.1 Å². The molecule has 0 N–H and O–H groups in total. The molecule has 0 aliphatic carbocycles. The summed E-state index contributed by atoms with van der Waals surface area (Å²) in [5.41, 5.74) is 20.0. The molecule has 3 heterocycles. The highest BCUT2D eigenvalue weighted by Crippen LogP contribution is 2.47. The first-order valence-corrected chi connectivity index (χ1v) is 28.8. The highest BCUT2D eigenvalue weighted by molar-refractivity contribution is 6.21. The fraction of sp³-hybridized carbons (Fsp3) is 0.103. The average Bonchev–Trinajstić information content (AvgIpc) is 4.22. The van der Waals surface area contributed by atoms with Crippen molar-refractivity contribution in [1.82, 2.24) is 4.57 Å². The Hall–Kier alpha value is -10.1. The third-order valence-electron chi connectivity index (χ3n) is 16.9. The van der Waals surface area contributed by atoms with Gasteiger partial charge in [-0.2, -0.15) is 0 Å². The number of rotatable bonds is 9. The van der Waals surface area contributed by atoms with Crippen LogP contribution in [0.5, 0.6) is 0 Å². The van der Waals surface area contributed by atoms with Crippen LogP contribution in [0, 0.1) is 0 Å². The van der Waals surface area contributed by atoms with E-state index in [0.29, 0.717) is 0 Å². The van der Waals surface area contributed by atoms with Crippen molar-refractivity contribution in [3.8, 4) is 27.9 Å². The Balaban J connectivity index is 0.915. The zero-order chi connectivity index (χ0) is 56.1. The largest absolute Gasteiger partial charge is 0.456 e. The second-order valence-corrected chi connectivity index (χ2v) is 24.2. The van der Waals surface area contributed by atoms with Crippen LogP contribution in [0.1, 0.15) is 52.7 Å².